The number of aryl methyl sites for hydroxylation is 1. The van der Waals surface area contributed by atoms with Gasteiger partial charge in [-0.3, -0.25) is 4.79 Å². The van der Waals surface area contributed by atoms with Crippen LogP contribution in [0.15, 0.2) is 29.3 Å². The van der Waals surface area contributed by atoms with Crippen molar-refractivity contribution in [1.29, 1.82) is 5.26 Å². The average Bonchev–Trinajstić information content (AvgIpc) is 2.73. The van der Waals surface area contributed by atoms with Gasteiger partial charge >= 0.3 is 0 Å². The third-order valence-corrected chi connectivity index (χ3v) is 6.33. The van der Waals surface area contributed by atoms with Crippen LogP contribution in [-0.2, 0) is 9.53 Å². The summed E-state index contributed by atoms with van der Waals surface area (Å²) in [5.74, 6) is -0.115. The Labute approximate surface area is 176 Å². The maximum atomic E-state index is 12.7. The van der Waals surface area contributed by atoms with Crippen molar-refractivity contribution >= 4 is 29.0 Å². The maximum Gasteiger partial charge on any atom is 0.237 e. The number of nitriles is 1. The summed E-state index contributed by atoms with van der Waals surface area (Å²) in [7, 11) is 0. The van der Waals surface area contributed by atoms with Gasteiger partial charge in [-0.15, -0.1) is 0 Å². The molecule has 2 aromatic rings. The van der Waals surface area contributed by atoms with Crippen molar-refractivity contribution in [2.45, 2.75) is 38.0 Å². The van der Waals surface area contributed by atoms with Crippen molar-refractivity contribution in [3.05, 3.63) is 46.6 Å². The van der Waals surface area contributed by atoms with Gasteiger partial charge in [0.1, 0.15) is 11.1 Å². The van der Waals surface area contributed by atoms with E-state index < -0.39 is 0 Å². The van der Waals surface area contributed by atoms with E-state index in [-0.39, 0.29) is 11.2 Å². The van der Waals surface area contributed by atoms with Gasteiger partial charge in [0.05, 0.1) is 24.0 Å². The Bertz CT molecular complexity index is 931. The molecule has 1 aliphatic heterocycles. The van der Waals surface area contributed by atoms with Crippen LogP contribution < -0.4 is 10.2 Å². The number of rotatable bonds is 5. The lowest BCUT2D eigenvalue weighted by Gasteiger charge is -2.28. The van der Waals surface area contributed by atoms with E-state index >= 15 is 0 Å². The van der Waals surface area contributed by atoms with Crippen LogP contribution in [0.1, 0.15) is 29.3 Å². The standard InChI is InChI=1S/C22H26N4O2S/c1-14-15(2)20(13-23)22(24-16(14)3)29-17(4)21(27)25-18-5-7-19(8-6-18)26-9-11-28-12-10-26/h5-8,17H,9-12H2,1-4H3,(H,25,27). The number of nitrogens with zero attached hydrogens (tertiary/aromatic N) is 3. The number of thioether (sulfide) groups is 1. The number of benzene rings is 1. The number of aromatic nitrogens is 1. The molecule has 0 spiro atoms. The highest BCUT2D eigenvalue weighted by Gasteiger charge is 2.20. The lowest BCUT2D eigenvalue weighted by atomic mass is 10.1. The number of morpholine rings is 1. The van der Waals surface area contributed by atoms with E-state index in [1.54, 1.807) is 0 Å². The highest BCUT2D eigenvalue weighted by molar-refractivity contribution is 8.00. The predicted molar refractivity (Wildman–Crippen MR) is 117 cm³/mol. The maximum absolute atomic E-state index is 12.7. The normalized spacial score (nSPS) is 14.9. The zero-order valence-electron chi connectivity index (χ0n) is 17.3. The molecule has 6 nitrogen and oxygen atoms in total. The number of amides is 1. The van der Waals surface area contributed by atoms with Gasteiger partial charge < -0.3 is 15.0 Å². The summed E-state index contributed by atoms with van der Waals surface area (Å²) in [6.07, 6.45) is 0. The fourth-order valence-electron chi connectivity index (χ4n) is 3.17. The van der Waals surface area contributed by atoms with Gasteiger partial charge in [-0.05, 0) is 63.1 Å². The SMILES string of the molecule is Cc1nc(SC(C)C(=O)Nc2ccc(N3CCOCC3)cc2)c(C#N)c(C)c1C. The van der Waals surface area contributed by atoms with Gasteiger partial charge in [0.25, 0.3) is 0 Å². The van der Waals surface area contributed by atoms with Crippen molar-refractivity contribution in [2.24, 2.45) is 0 Å². The molecule has 29 heavy (non-hydrogen) atoms. The minimum atomic E-state index is -0.380. The van der Waals surface area contributed by atoms with E-state index in [0.717, 1.165) is 54.5 Å². The molecule has 0 aliphatic carbocycles. The molecule has 3 rings (SSSR count). The Morgan fingerprint density at radius 3 is 2.48 bits per heavy atom. The first-order valence-corrected chi connectivity index (χ1v) is 10.6. The number of hydrogen-bond donors (Lipinski definition) is 1. The minimum Gasteiger partial charge on any atom is -0.378 e. The summed E-state index contributed by atoms with van der Waals surface area (Å²) in [4.78, 5) is 19.5. The molecule has 1 N–H and O–H groups in total. The van der Waals surface area contributed by atoms with E-state index in [9.17, 15) is 10.1 Å². The van der Waals surface area contributed by atoms with Gasteiger partial charge in [0, 0.05) is 30.2 Å². The summed E-state index contributed by atoms with van der Waals surface area (Å²) in [5, 5.41) is 12.7. The van der Waals surface area contributed by atoms with E-state index in [4.69, 9.17) is 4.74 Å². The van der Waals surface area contributed by atoms with Crippen LogP contribution in [0.4, 0.5) is 11.4 Å². The number of nitrogens with one attached hydrogen (secondary N) is 1. The Morgan fingerprint density at radius 2 is 1.86 bits per heavy atom. The van der Waals surface area contributed by atoms with Crippen LogP contribution in [0.25, 0.3) is 0 Å². The molecule has 1 aromatic heterocycles. The first-order valence-electron chi connectivity index (χ1n) is 9.69. The molecule has 1 aromatic carbocycles. The lowest BCUT2D eigenvalue weighted by Crippen LogP contribution is -2.36. The fraction of sp³-hybridized carbons (Fsp3) is 0.409. The molecule has 0 bridgehead atoms. The van der Waals surface area contributed by atoms with Gasteiger partial charge in [0.2, 0.25) is 5.91 Å². The van der Waals surface area contributed by atoms with Crippen LogP contribution in [0.3, 0.4) is 0 Å². The van der Waals surface area contributed by atoms with Crippen molar-refractivity contribution in [2.75, 3.05) is 36.5 Å². The monoisotopic (exact) mass is 410 g/mol. The highest BCUT2D eigenvalue weighted by Crippen LogP contribution is 2.30. The Kier molecular flexibility index (Phi) is 6.78. The first kappa shape index (κ1) is 21.2. The highest BCUT2D eigenvalue weighted by atomic mass is 32.2. The number of carbonyl (C=O) groups excluding carboxylic acids is 1. The third-order valence-electron chi connectivity index (χ3n) is 5.24. The molecule has 2 heterocycles. The van der Waals surface area contributed by atoms with Crippen LogP contribution in [0.5, 0.6) is 0 Å². The number of hydrogen-bond acceptors (Lipinski definition) is 6. The average molecular weight is 411 g/mol. The zero-order chi connectivity index (χ0) is 21.0. The smallest absolute Gasteiger partial charge is 0.237 e. The molecule has 1 saturated heterocycles. The van der Waals surface area contributed by atoms with Crippen molar-refractivity contribution in [1.82, 2.24) is 4.98 Å². The van der Waals surface area contributed by atoms with Crippen LogP contribution in [0, 0.1) is 32.1 Å². The molecule has 1 fully saturated rings. The molecule has 0 saturated carbocycles. The van der Waals surface area contributed by atoms with Gasteiger partial charge in [0.15, 0.2) is 0 Å². The van der Waals surface area contributed by atoms with Gasteiger partial charge in [-0.1, -0.05) is 11.8 Å². The Hall–Kier alpha value is -2.56. The first-order chi connectivity index (χ1) is 13.9. The molecule has 152 valence electrons. The second-order valence-electron chi connectivity index (χ2n) is 7.13. The van der Waals surface area contributed by atoms with Crippen molar-refractivity contribution in [3.63, 3.8) is 0 Å². The van der Waals surface area contributed by atoms with Crippen LogP contribution in [0.2, 0.25) is 0 Å². The molecular weight excluding hydrogens is 384 g/mol. The zero-order valence-corrected chi connectivity index (χ0v) is 18.1. The Morgan fingerprint density at radius 1 is 1.21 bits per heavy atom. The summed E-state index contributed by atoms with van der Waals surface area (Å²) in [6, 6.07) is 10.1. The summed E-state index contributed by atoms with van der Waals surface area (Å²) >= 11 is 1.32. The predicted octanol–water partition coefficient (Wildman–Crippen LogP) is 3.83. The van der Waals surface area contributed by atoms with E-state index in [1.165, 1.54) is 11.8 Å². The second kappa shape index (κ2) is 9.29. The molecule has 0 radical (unpaired) electrons. The molecule has 1 aliphatic rings. The third kappa shape index (κ3) is 4.89. The van der Waals surface area contributed by atoms with E-state index in [0.29, 0.717) is 10.6 Å². The van der Waals surface area contributed by atoms with Crippen molar-refractivity contribution < 1.29 is 9.53 Å². The quantitative estimate of drug-likeness (QED) is 0.755. The van der Waals surface area contributed by atoms with Crippen LogP contribution >= 0.6 is 11.8 Å². The molecule has 1 unspecified atom stereocenters. The van der Waals surface area contributed by atoms with Crippen LogP contribution in [-0.4, -0.2) is 42.4 Å². The molecule has 7 heteroatoms. The van der Waals surface area contributed by atoms with Crippen molar-refractivity contribution in [3.8, 4) is 6.07 Å². The molecule has 1 atom stereocenters. The second-order valence-corrected chi connectivity index (χ2v) is 8.46. The summed E-state index contributed by atoms with van der Waals surface area (Å²) in [6.45, 7) is 10.9. The Balaban J connectivity index is 1.66. The largest absolute Gasteiger partial charge is 0.378 e. The van der Waals surface area contributed by atoms with E-state index in [2.05, 4.69) is 21.3 Å². The molecular formula is C22H26N4O2S. The van der Waals surface area contributed by atoms with Gasteiger partial charge in [-0.25, -0.2) is 4.98 Å². The number of carbonyl (C=O) groups is 1. The fourth-order valence-corrected chi connectivity index (χ4v) is 4.18. The van der Waals surface area contributed by atoms with E-state index in [1.807, 2.05) is 52.0 Å². The topological polar surface area (TPSA) is 78.2 Å². The summed E-state index contributed by atoms with van der Waals surface area (Å²) < 4.78 is 5.38. The minimum absolute atomic E-state index is 0.115. The lowest BCUT2D eigenvalue weighted by molar-refractivity contribution is -0.115. The number of ether oxygens (including phenoxy) is 1. The summed E-state index contributed by atoms with van der Waals surface area (Å²) in [5.41, 5.74) is 5.26. The molecule has 1 amide bonds. The number of anilines is 2. The number of pyridine rings is 1. The van der Waals surface area contributed by atoms with Gasteiger partial charge in [-0.2, -0.15) is 5.26 Å².